The minimum Gasteiger partial charge on any atom is -0.508 e. The third-order valence-electron chi connectivity index (χ3n) is 1.44. The summed E-state index contributed by atoms with van der Waals surface area (Å²) in [6.07, 6.45) is 1.73. The first-order valence-electron chi connectivity index (χ1n) is 3.56. The molecule has 0 aromatic heterocycles. The summed E-state index contributed by atoms with van der Waals surface area (Å²) in [5.74, 6) is 0.318. The van der Waals surface area contributed by atoms with Gasteiger partial charge < -0.3 is 5.11 Å². The van der Waals surface area contributed by atoms with Crippen LogP contribution in [0.15, 0.2) is 29.3 Å². The monoisotopic (exact) mass is 208 g/mol. The van der Waals surface area contributed by atoms with Crippen molar-refractivity contribution in [3.8, 4) is 5.75 Å². The molecular formula is C9H11CoNO+2. The zero-order valence-electron chi connectivity index (χ0n) is 6.82. The standard InChI is InChI=1S/C9H11NO.Co/c1-2-10-7-8-5-3-4-6-9(8)11;/h2-6,11H,7H2,1H3;/q;+2. The van der Waals surface area contributed by atoms with Gasteiger partial charge in [-0.1, -0.05) is 18.2 Å². The van der Waals surface area contributed by atoms with Gasteiger partial charge in [-0.3, -0.25) is 4.99 Å². The fraction of sp³-hybridized carbons (Fsp3) is 0.222. The smallest absolute Gasteiger partial charge is 0.508 e. The van der Waals surface area contributed by atoms with Crippen molar-refractivity contribution in [1.82, 2.24) is 0 Å². The Hall–Kier alpha value is -0.804. The number of hydrogen-bond donors (Lipinski definition) is 1. The molecule has 0 aliphatic heterocycles. The molecule has 0 atom stereocenters. The summed E-state index contributed by atoms with van der Waals surface area (Å²) in [6.45, 7) is 2.42. The predicted molar refractivity (Wildman–Crippen MR) is 46.0 cm³/mol. The number of rotatable bonds is 2. The van der Waals surface area contributed by atoms with Gasteiger partial charge >= 0.3 is 16.8 Å². The van der Waals surface area contributed by atoms with Crippen LogP contribution in [0.2, 0.25) is 0 Å². The number of phenolic OH excluding ortho intramolecular Hbond substituents is 1. The second kappa shape index (κ2) is 5.80. The summed E-state index contributed by atoms with van der Waals surface area (Å²) in [5.41, 5.74) is 0.866. The molecule has 3 heteroatoms. The molecule has 1 rings (SSSR count). The number of phenols is 1. The molecule has 0 saturated heterocycles. The zero-order chi connectivity index (χ0) is 8.10. The van der Waals surface area contributed by atoms with Gasteiger partial charge in [0.15, 0.2) is 0 Å². The Morgan fingerprint density at radius 2 is 2.08 bits per heavy atom. The van der Waals surface area contributed by atoms with Gasteiger partial charge in [0.1, 0.15) is 5.75 Å². The van der Waals surface area contributed by atoms with Crippen LogP contribution in [0.3, 0.4) is 0 Å². The Kier molecular flexibility index (Phi) is 5.41. The van der Waals surface area contributed by atoms with Crippen LogP contribution in [-0.4, -0.2) is 11.3 Å². The van der Waals surface area contributed by atoms with Gasteiger partial charge in [0.2, 0.25) is 0 Å². The first-order chi connectivity index (χ1) is 5.34. The predicted octanol–water partition coefficient (Wildman–Crippen LogP) is 1.98. The molecule has 1 N–H and O–H groups in total. The Bertz CT molecular complexity index is 260. The largest absolute Gasteiger partial charge is 2.00 e. The number of aromatic hydroxyl groups is 1. The molecule has 12 heavy (non-hydrogen) atoms. The van der Waals surface area contributed by atoms with Gasteiger partial charge in [-0.05, 0) is 19.2 Å². The van der Waals surface area contributed by atoms with E-state index in [0.29, 0.717) is 12.3 Å². The van der Waals surface area contributed by atoms with E-state index >= 15 is 0 Å². The maximum atomic E-state index is 9.26. The van der Waals surface area contributed by atoms with Crippen molar-refractivity contribution in [3.63, 3.8) is 0 Å². The number of nitrogens with zero attached hydrogens (tertiary/aromatic N) is 1. The van der Waals surface area contributed by atoms with Crippen LogP contribution in [0.5, 0.6) is 5.75 Å². The maximum absolute atomic E-state index is 9.26. The number of hydrogen-bond acceptors (Lipinski definition) is 2. The molecule has 2 nitrogen and oxygen atoms in total. The Morgan fingerprint density at radius 3 is 2.67 bits per heavy atom. The molecule has 1 aromatic carbocycles. The van der Waals surface area contributed by atoms with E-state index in [2.05, 4.69) is 4.99 Å². The molecule has 0 fully saturated rings. The minimum absolute atomic E-state index is 0. The molecule has 0 heterocycles. The molecular weight excluding hydrogens is 197 g/mol. The summed E-state index contributed by atoms with van der Waals surface area (Å²) in [6, 6.07) is 7.22. The van der Waals surface area contributed by atoms with Crippen molar-refractivity contribution >= 4 is 6.21 Å². The number of para-hydroxylation sites is 1. The second-order valence-corrected chi connectivity index (χ2v) is 2.23. The summed E-state index contributed by atoms with van der Waals surface area (Å²) < 4.78 is 0. The molecule has 0 aliphatic carbocycles. The van der Waals surface area contributed by atoms with Gasteiger partial charge in [-0.25, -0.2) is 0 Å². The third-order valence-corrected chi connectivity index (χ3v) is 1.44. The normalized spacial score (nSPS) is 9.75. The van der Waals surface area contributed by atoms with Gasteiger partial charge in [0.05, 0.1) is 6.54 Å². The first kappa shape index (κ1) is 11.2. The van der Waals surface area contributed by atoms with Crippen molar-refractivity contribution < 1.29 is 21.9 Å². The average Bonchev–Trinajstić information content (AvgIpc) is 2.03. The van der Waals surface area contributed by atoms with E-state index in [0.717, 1.165) is 5.56 Å². The molecule has 1 aromatic rings. The van der Waals surface area contributed by atoms with E-state index in [9.17, 15) is 5.11 Å². The van der Waals surface area contributed by atoms with E-state index in [1.165, 1.54) is 0 Å². The Morgan fingerprint density at radius 1 is 1.42 bits per heavy atom. The van der Waals surface area contributed by atoms with Crippen LogP contribution in [0.1, 0.15) is 12.5 Å². The molecule has 65 valence electrons. The third kappa shape index (κ3) is 3.07. The fourth-order valence-corrected chi connectivity index (χ4v) is 0.834. The molecule has 0 spiro atoms. The summed E-state index contributed by atoms with van der Waals surface area (Å²) in [5, 5.41) is 9.26. The van der Waals surface area contributed by atoms with Crippen molar-refractivity contribution in [2.45, 2.75) is 13.5 Å². The van der Waals surface area contributed by atoms with E-state index in [-0.39, 0.29) is 16.8 Å². The van der Waals surface area contributed by atoms with E-state index in [1.54, 1.807) is 18.3 Å². The first-order valence-corrected chi connectivity index (χ1v) is 3.56. The summed E-state index contributed by atoms with van der Waals surface area (Å²) >= 11 is 0. The molecule has 0 aliphatic rings. The van der Waals surface area contributed by atoms with Gasteiger partial charge in [-0.2, -0.15) is 0 Å². The van der Waals surface area contributed by atoms with Crippen molar-refractivity contribution in [2.75, 3.05) is 0 Å². The molecule has 0 amide bonds. The van der Waals surface area contributed by atoms with E-state index in [1.807, 2.05) is 19.1 Å². The maximum Gasteiger partial charge on any atom is 2.00 e. The number of aliphatic imine (C=N–C) groups is 1. The van der Waals surface area contributed by atoms with Gasteiger partial charge in [0, 0.05) is 5.56 Å². The van der Waals surface area contributed by atoms with Crippen LogP contribution in [0.4, 0.5) is 0 Å². The van der Waals surface area contributed by atoms with Crippen molar-refractivity contribution in [1.29, 1.82) is 0 Å². The fourth-order valence-electron chi connectivity index (χ4n) is 0.834. The van der Waals surface area contributed by atoms with Crippen LogP contribution >= 0.6 is 0 Å². The SMILES string of the molecule is CC=NCc1ccccc1O.[Co+2]. The Labute approximate surface area is 82.5 Å². The molecule has 0 unspecified atom stereocenters. The van der Waals surface area contributed by atoms with Crippen molar-refractivity contribution in [3.05, 3.63) is 29.8 Å². The summed E-state index contributed by atoms with van der Waals surface area (Å²) in [7, 11) is 0. The van der Waals surface area contributed by atoms with Crippen LogP contribution < -0.4 is 0 Å². The quantitative estimate of drug-likeness (QED) is 0.740. The van der Waals surface area contributed by atoms with Crippen LogP contribution in [0, 0.1) is 0 Å². The van der Waals surface area contributed by atoms with Crippen molar-refractivity contribution in [2.24, 2.45) is 4.99 Å². The molecule has 1 radical (unpaired) electrons. The topological polar surface area (TPSA) is 32.6 Å². The number of benzene rings is 1. The van der Waals surface area contributed by atoms with Crippen LogP contribution in [-0.2, 0) is 23.3 Å². The minimum atomic E-state index is 0. The van der Waals surface area contributed by atoms with E-state index < -0.39 is 0 Å². The van der Waals surface area contributed by atoms with Crippen LogP contribution in [0.25, 0.3) is 0 Å². The van der Waals surface area contributed by atoms with Gasteiger partial charge in [-0.15, -0.1) is 0 Å². The molecule has 0 saturated carbocycles. The van der Waals surface area contributed by atoms with Gasteiger partial charge in [0.25, 0.3) is 0 Å². The van der Waals surface area contributed by atoms with E-state index in [4.69, 9.17) is 0 Å². The molecule has 0 bridgehead atoms. The average molecular weight is 208 g/mol. The summed E-state index contributed by atoms with van der Waals surface area (Å²) in [4.78, 5) is 4.02. The Balaban J connectivity index is 0.00000121. The zero-order valence-corrected chi connectivity index (χ0v) is 7.86. The second-order valence-electron chi connectivity index (χ2n) is 2.23.